The van der Waals surface area contributed by atoms with E-state index < -0.39 is 6.10 Å². The van der Waals surface area contributed by atoms with Gasteiger partial charge in [-0.15, -0.1) is 0 Å². The molecule has 0 heterocycles. The van der Waals surface area contributed by atoms with Crippen LogP contribution in [0.1, 0.15) is 297 Å². The van der Waals surface area contributed by atoms with Crippen LogP contribution < -0.4 is 0 Å². The van der Waals surface area contributed by atoms with Gasteiger partial charge in [0.25, 0.3) is 0 Å². The van der Waals surface area contributed by atoms with E-state index in [1.54, 1.807) is 0 Å². The molecule has 0 aliphatic carbocycles. The number of carbonyl (C=O) groups is 3. The Balaban J connectivity index is 4.38. The van der Waals surface area contributed by atoms with Crippen LogP contribution in [0.25, 0.3) is 0 Å². The van der Waals surface area contributed by atoms with Crippen molar-refractivity contribution >= 4 is 17.9 Å². The molecule has 0 aromatic carbocycles. The van der Waals surface area contributed by atoms with Crippen LogP contribution >= 0.6 is 0 Å². The highest BCUT2D eigenvalue weighted by molar-refractivity contribution is 5.71. The highest BCUT2D eigenvalue weighted by atomic mass is 16.6. The van der Waals surface area contributed by atoms with Crippen molar-refractivity contribution in [3.8, 4) is 0 Å². The Morgan fingerprint density at radius 3 is 0.897 bits per heavy atom. The van der Waals surface area contributed by atoms with Crippen LogP contribution in [0.5, 0.6) is 0 Å². The summed E-state index contributed by atoms with van der Waals surface area (Å²) in [6, 6.07) is 0. The van der Waals surface area contributed by atoms with Gasteiger partial charge >= 0.3 is 17.9 Å². The van der Waals surface area contributed by atoms with Gasteiger partial charge in [0.15, 0.2) is 6.10 Å². The summed E-state index contributed by atoms with van der Waals surface area (Å²) in [4.78, 5) is 38.2. The van der Waals surface area contributed by atoms with Crippen LogP contribution in [0.2, 0.25) is 0 Å². The number of hydrogen-bond donors (Lipinski definition) is 0. The van der Waals surface area contributed by atoms with Crippen molar-refractivity contribution in [1.29, 1.82) is 0 Å². The maximum atomic E-state index is 12.9. The number of ether oxygens (including phenoxy) is 3. The fourth-order valence-corrected chi connectivity index (χ4v) is 8.25. The average Bonchev–Trinajstić information content (AvgIpc) is 3.34. The summed E-state index contributed by atoms with van der Waals surface area (Å²) < 4.78 is 16.9. The molecule has 68 heavy (non-hydrogen) atoms. The predicted octanol–water partition coefficient (Wildman–Crippen LogP) is 19.6. The second-order valence-electron chi connectivity index (χ2n) is 19.5. The fourth-order valence-electron chi connectivity index (χ4n) is 8.25. The standard InChI is InChI=1S/C62H110O6/c1-4-7-10-13-16-19-22-25-28-30-31-33-34-37-40-43-46-49-52-55-61(64)67-58-59(57-66-60(63)54-51-48-45-42-39-36-27-24-21-18-15-12-9-6-3)68-62(65)56-53-50-47-44-41-38-35-32-29-26-23-20-17-14-11-8-5-2/h15-16,18-19,24-29,59H,4-14,17,20-23,30-58H2,1-3H3/b18-15-,19-16-,27-24-,28-25-,29-26-/t59-/m1/s1. The van der Waals surface area contributed by atoms with Gasteiger partial charge in [-0.05, 0) is 103 Å². The van der Waals surface area contributed by atoms with Crippen molar-refractivity contribution in [3.63, 3.8) is 0 Å². The van der Waals surface area contributed by atoms with E-state index in [0.29, 0.717) is 19.3 Å². The zero-order valence-electron chi connectivity index (χ0n) is 45.1. The first-order valence-electron chi connectivity index (χ1n) is 29.3. The summed E-state index contributed by atoms with van der Waals surface area (Å²) in [7, 11) is 0. The van der Waals surface area contributed by atoms with E-state index >= 15 is 0 Å². The quantitative estimate of drug-likeness (QED) is 0.0262. The third-order valence-electron chi connectivity index (χ3n) is 12.7. The Morgan fingerprint density at radius 1 is 0.294 bits per heavy atom. The summed E-state index contributed by atoms with van der Waals surface area (Å²) >= 11 is 0. The Labute approximate surface area is 421 Å². The molecule has 0 radical (unpaired) electrons. The molecule has 0 aliphatic rings. The van der Waals surface area contributed by atoms with E-state index in [0.717, 1.165) is 83.5 Å². The molecule has 0 fully saturated rings. The largest absolute Gasteiger partial charge is 0.462 e. The van der Waals surface area contributed by atoms with Crippen molar-refractivity contribution in [2.45, 2.75) is 303 Å². The van der Waals surface area contributed by atoms with Crippen molar-refractivity contribution < 1.29 is 28.6 Å². The van der Waals surface area contributed by atoms with Crippen molar-refractivity contribution in [3.05, 3.63) is 60.8 Å². The van der Waals surface area contributed by atoms with Crippen molar-refractivity contribution in [1.82, 2.24) is 0 Å². The number of esters is 3. The molecular formula is C62H110O6. The molecule has 0 unspecified atom stereocenters. The van der Waals surface area contributed by atoms with E-state index in [9.17, 15) is 14.4 Å². The summed E-state index contributed by atoms with van der Waals surface area (Å²) in [6.07, 6.45) is 70.6. The Kier molecular flexibility index (Phi) is 54.3. The molecule has 0 saturated heterocycles. The Bertz CT molecular complexity index is 1230. The number of hydrogen-bond acceptors (Lipinski definition) is 6. The van der Waals surface area contributed by atoms with Gasteiger partial charge in [-0.25, -0.2) is 0 Å². The molecule has 1 atom stereocenters. The van der Waals surface area contributed by atoms with Crippen LogP contribution in [-0.4, -0.2) is 37.2 Å². The number of allylic oxidation sites excluding steroid dienone is 10. The molecule has 0 aromatic rings. The first-order valence-corrected chi connectivity index (χ1v) is 29.3. The summed E-state index contributed by atoms with van der Waals surface area (Å²) in [6.45, 7) is 6.58. The van der Waals surface area contributed by atoms with Gasteiger partial charge in [0.2, 0.25) is 0 Å². The maximum absolute atomic E-state index is 12.9. The van der Waals surface area contributed by atoms with E-state index in [4.69, 9.17) is 14.2 Å². The van der Waals surface area contributed by atoms with Crippen LogP contribution in [0.3, 0.4) is 0 Å². The second-order valence-corrected chi connectivity index (χ2v) is 19.5. The van der Waals surface area contributed by atoms with Gasteiger partial charge in [-0.2, -0.15) is 0 Å². The first-order chi connectivity index (χ1) is 33.5. The molecule has 0 bridgehead atoms. The lowest BCUT2D eigenvalue weighted by molar-refractivity contribution is -0.167. The van der Waals surface area contributed by atoms with Gasteiger partial charge in [-0.3, -0.25) is 14.4 Å². The molecule has 0 aliphatic heterocycles. The zero-order valence-corrected chi connectivity index (χ0v) is 45.1. The van der Waals surface area contributed by atoms with Crippen LogP contribution in [0.15, 0.2) is 60.8 Å². The van der Waals surface area contributed by atoms with E-state index in [-0.39, 0.29) is 31.1 Å². The van der Waals surface area contributed by atoms with E-state index in [2.05, 4.69) is 81.5 Å². The van der Waals surface area contributed by atoms with Gasteiger partial charge in [0.1, 0.15) is 13.2 Å². The highest BCUT2D eigenvalue weighted by Crippen LogP contribution is 2.15. The third-order valence-corrected chi connectivity index (χ3v) is 12.7. The van der Waals surface area contributed by atoms with E-state index in [1.165, 1.54) is 173 Å². The number of carbonyl (C=O) groups excluding carboxylic acids is 3. The molecule has 0 aromatic heterocycles. The fraction of sp³-hybridized carbons (Fsp3) is 0.790. The van der Waals surface area contributed by atoms with Crippen molar-refractivity contribution in [2.24, 2.45) is 0 Å². The summed E-state index contributed by atoms with van der Waals surface area (Å²) in [5, 5.41) is 0. The lowest BCUT2D eigenvalue weighted by Gasteiger charge is -2.18. The van der Waals surface area contributed by atoms with Crippen molar-refractivity contribution in [2.75, 3.05) is 13.2 Å². The second kappa shape index (κ2) is 56.7. The van der Waals surface area contributed by atoms with Crippen LogP contribution in [0.4, 0.5) is 0 Å². The van der Waals surface area contributed by atoms with Gasteiger partial charge in [0, 0.05) is 19.3 Å². The zero-order chi connectivity index (χ0) is 49.3. The topological polar surface area (TPSA) is 78.9 Å². The average molecular weight is 952 g/mol. The lowest BCUT2D eigenvalue weighted by atomic mass is 10.1. The summed E-state index contributed by atoms with van der Waals surface area (Å²) in [5.41, 5.74) is 0. The highest BCUT2D eigenvalue weighted by Gasteiger charge is 2.19. The predicted molar refractivity (Wildman–Crippen MR) is 293 cm³/mol. The van der Waals surface area contributed by atoms with E-state index in [1.807, 2.05) is 0 Å². The molecule has 0 rings (SSSR count). The molecule has 6 nitrogen and oxygen atoms in total. The minimum Gasteiger partial charge on any atom is -0.462 e. The molecule has 394 valence electrons. The maximum Gasteiger partial charge on any atom is 0.306 e. The minimum absolute atomic E-state index is 0.0817. The number of unbranched alkanes of at least 4 members (excludes halogenated alkanes) is 32. The third kappa shape index (κ3) is 54.1. The summed E-state index contributed by atoms with van der Waals surface area (Å²) in [5.74, 6) is -0.893. The van der Waals surface area contributed by atoms with Gasteiger partial charge in [0.05, 0.1) is 0 Å². The molecule has 6 heteroatoms. The Hall–Kier alpha value is -2.89. The molecule has 0 spiro atoms. The normalized spacial score (nSPS) is 12.5. The lowest BCUT2D eigenvalue weighted by Crippen LogP contribution is -2.30. The molecule has 0 N–H and O–H groups in total. The smallest absolute Gasteiger partial charge is 0.306 e. The Morgan fingerprint density at radius 2 is 0.544 bits per heavy atom. The SMILES string of the molecule is CCCC/C=C\C/C=C\CCCCCCCC(=O)OC[C@H](COC(=O)CCCCCCCCCCC/C=C\C/C=C\CCCCC)OC(=O)CCCCCCCCC/C=C\CCCCCCCC. The monoisotopic (exact) mass is 951 g/mol. The minimum atomic E-state index is -0.784. The molecular weight excluding hydrogens is 841 g/mol. The van der Waals surface area contributed by atoms with Crippen LogP contribution in [0, 0.1) is 0 Å². The number of rotatable bonds is 53. The van der Waals surface area contributed by atoms with Crippen LogP contribution in [-0.2, 0) is 28.6 Å². The molecule has 0 saturated carbocycles. The molecule has 0 amide bonds. The first kappa shape index (κ1) is 65.1. The van der Waals surface area contributed by atoms with Gasteiger partial charge < -0.3 is 14.2 Å². The van der Waals surface area contributed by atoms with Gasteiger partial charge in [-0.1, -0.05) is 236 Å².